The Bertz CT molecular complexity index is 824. The van der Waals surface area contributed by atoms with Gasteiger partial charge in [0.25, 0.3) is 0 Å². The number of allylic oxidation sites excluding steroid dienone is 2. The quantitative estimate of drug-likeness (QED) is 0.337. The van der Waals surface area contributed by atoms with E-state index in [1.807, 2.05) is 0 Å². The molecule has 0 aromatic carbocycles. The number of rotatable bonds is 6. The van der Waals surface area contributed by atoms with Gasteiger partial charge in [0.2, 0.25) is 5.79 Å². The summed E-state index contributed by atoms with van der Waals surface area (Å²) in [4.78, 5) is 12.2. The molecule has 0 aromatic heterocycles. The van der Waals surface area contributed by atoms with E-state index < -0.39 is 17.2 Å². The van der Waals surface area contributed by atoms with Crippen molar-refractivity contribution in [3.05, 3.63) is 12.2 Å². The highest BCUT2D eigenvalue weighted by atomic mass is 16.7. The molecule has 5 rings (SSSR count). The van der Waals surface area contributed by atoms with Crippen molar-refractivity contribution >= 4 is 5.97 Å². The van der Waals surface area contributed by atoms with Gasteiger partial charge in [-0.2, -0.15) is 0 Å². The smallest absolute Gasteiger partial charge is 0.305 e. The molecule has 4 fully saturated rings. The van der Waals surface area contributed by atoms with Crippen molar-refractivity contribution in [2.24, 2.45) is 46.3 Å². The van der Waals surface area contributed by atoms with Gasteiger partial charge in [-0.15, -0.1) is 0 Å². The van der Waals surface area contributed by atoms with Gasteiger partial charge in [-0.3, -0.25) is 4.79 Å². The molecule has 3 saturated carbocycles. The van der Waals surface area contributed by atoms with Gasteiger partial charge < -0.3 is 28.8 Å². The van der Waals surface area contributed by atoms with Crippen molar-refractivity contribution in [3.63, 3.8) is 0 Å². The van der Waals surface area contributed by atoms with Crippen molar-refractivity contribution < 1.29 is 33.6 Å². The van der Waals surface area contributed by atoms with Crippen molar-refractivity contribution in [2.75, 3.05) is 27.1 Å². The highest BCUT2D eigenvalue weighted by molar-refractivity contribution is 5.66. The molecule has 4 unspecified atom stereocenters. The Morgan fingerprint density at radius 3 is 2.57 bits per heavy atom. The van der Waals surface area contributed by atoms with Crippen molar-refractivity contribution in [1.29, 1.82) is 0 Å². The zero-order valence-electron chi connectivity index (χ0n) is 22.0. The Hall–Kier alpha value is -0.990. The maximum atomic E-state index is 12.2. The van der Waals surface area contributed by atoms with E-state index in [0.29, 0.717) is 36.9 Å². The number of hydrogen-bond donors (Lipinski definition) is 1. The van der Waals surface area contributed by atoms with Crippen LogP contribution >= 0.6 is 0 Å². The average Bonchev–Trinajstić information content (AvgIpc) is 3.45. The molecule has 198 valence electrons. The molecule has 1 aliphatic heterocycles. The van der Waals surface area contributed by atoms with Gasteiger partial charge in [-0.05, 0) is 67.1 Å². The molecular weight excluding hydrogens is 448 g/mol. The Labute approximate surface area is 209 Å². The number of fused-ring (bicyclic) bond motifs is 5. The van der Waals surface area contributed by atoms with Crippen LogP contribution in [0.25, 0.3) is 0 Å². The summed E-state index contributed by atoms with van der Waals surface area (Å²) in [5.41, 5.74) is -0.352. The topological polar surface area (TPSA) is 83.5 Å². The minimum absolute atomic E-state index is 0.0736. The second-order valence-electron chi connectivity index (χ2n) is 12.3. The molecule has 10 atom stereocenters. The first-order valence-corrected chi connectivity index (χ1v) is 13.6. The fourth-order valence-electron chi connectivity index (χ4n) is 9.15. The third kappa shape index (κ3) is 4.01. The fourth-order valence-corrected chi connectivity index (χ4v) is 9.15. The van der Waals surface area contributed by atoms with E-state index in [-0.39, 0.29) is 42.9 Å². The zero-order chi connectivity index (χ0) is 25.0. The molecule has 1 N–H and O–H groups in total. The van der Waals surface area contributed by atoms with Crippen LogP contribution in [-0.4, -0.2) is 56.4 Å². The molecule has 0 radical (unpaired) electrons. The predicted octanol–water partition coefficient (Wildman–Crippen LogP) is 4.28. The first kappa shape index (κ1) is 25.7. The van der Waals surface area contributed by atoms with Crippen LogP contribution in [0.1, 0.15) is 66.2 Å². The molecule has 4 aliphatic carbocycles. The minimum Gasteiger partial charge on any atom is -0.433 e. The monoisotopic (exact) mass is 492 g/mol. The van der Waals surface area contributed by atoms with E-state index in [9.17, 15) is 9.90 Å². The van der Waals surface area contributed by atoms with Crippen molar-refractivity contribution in [2.45, 2.75) is 84.4 Å². The van der Waals surface area contributed by atoms with Crippen molar-refractivity contribution in [3.8, 4) is 0 Å². The molecule has 0 aromatic rings. The van der Waals surface area contributed by atoms with Crippen LogP contribution in [0.2, 0.25) is 0 Å². The van der Waals surface area contributed by atoms with E-state index in [4.69, 9.17) is 23.7 Å². The third-order valence-electron chi connectivity index (χ3n) is 10.8. The summed E-state index contributed by atoms with van der Waals surface area (Å²) in [5, 5.41) is 12.1. The summed E-state index contributed by atoms with van der Waals surface area (Å²) in [6.45, 7) is 9.88. The van der Waals surface area contributed by atoms with E-state index in [1.165, 1.54) is 19.8 Å². The molecule has 0 amide bonds. The van der Waals surface area contributed by atoms with Gasteiger partial charge in [-0.1, -0.05) is 32.9 Å². The molecule has 0 spiro atoms. The van der Waals surface area contributed by atoms with E-state index >= 15 is 0 Å². The summed E-state index contributed by atoms with van der Waals surface area (Å²) in [6.07, 6.45) is 9.96. The SMILES string of the molecule is COCOC1CC2C=C[C@H]3[C@@H]4CC[C@H](C(C)C5OCCO5)[C@@]4(C)CC[C@@H]3[C@@]2(C)C(O)(OC(C)=O)C1. The van der Waals surface area contributed by atoms with Gasteiger partial charge in [0.15, 0.2) is 6.29 Å². The van der Waals surface area contributed by atoms with Gasteiger partial charge in [-0.25, -0.2) is 0 Å². The maximum Gasteiger partial charge on any atom is 0.305 e. The lowest BCUT2D eigenvalue weighted by molar-refractivity contribution is -0.321. The second-order valence-corrected chi connectivity index (χ2v) is 12.3. The Morgan fingerprint density at radius 2 is 1.89 bits per heavy atom. The van der Waals surface area contributed by atoms with Gasteiger partial charge in [0, 0.05) is 31.8 Å². The standard InChI is InChI=1S/C28H44O7/c1-17(25-32-12-13-33-25)22-8-9-23-21-7-6-19-14-20(34-16-31-5)15-28(30,35-18(2)29)27(19,4)24(21)10-11-26(22,23)3/h6-7,17,19-25,30H,8-16H2,1-5H3/t17?,19?,20?,21-,22+,23-,24-,26+,27-,28?/m0/s1. The molecule has 0 bridgehead atoms. The number of ether oxygens (including phenoxy) is 5. The van der Waals surface area contributed by atoms with Gasteiger partial charge in [0.05, 0.1) is 19.3 Å². The molecular formula is C28H44O7. The fraction of sp³-hybridized carbons (Fsp3) is 0.893. The van der Waals surface area contributed by atoms with Crippen LogP contribution in [0.3, 0.4) is 0 Å². The van der Waals surface area contributed by atoms with Gasteiger partial charge in [0.1, 0.15) is 6.79 Å². The van der Waals surface area contributed by atoms with Gasteiger partial charge >= 0.3 is 5.97 Å². The highest BCUT2D eigenvalue weighted by Crippen LogP contribution is 2.68. The van der Waals surface area contributed by atoms with E-state index in [0.717, 1.165) is 19.3 Å². The normalized spacial score (nSPS) is 48.2. The van der Waals surface area contributed by atoms with E-state index in [1.54, 1.807) is 7.11 Å². The predicted molar refractivity (Wildman–Crippen MR) is 129 cm³/mol. The molecule has 1 saturated heterocycles. The summed E-state index contributed by atoms with van der Waals surface area (Å²) >= 11 is 0. The maximum absolute atomic E-state index is 12.2. The Balaban J connectivity index is 1.44. The number of carbonyl (C=O) groups is 1. The highest BCUT2D eigenvalue weighted by Gasteiger charge is 2.67. The first-order valence-electron chi connectivity index (χ1n) is 13.6. The number of esters is 1. The van der Waals surface area contributed by atoms with Crippen LogP contribution in [-0.2, 0) is 28.5 Å². The minimum atomic E-state index is -1.57. The second kappa shape index (κ2) is 9.39. The molecule has 1 heterocycles. The van der Waals surface area contributed by atoms with Crippen molar-refractivity contribution in [1.82, 2.24) is 0 Å². The number of methoxy groups -OCH3 is 1. The molecule has 7 heteroatoms. The van der Waals surface area contributed by atoms with Crippen LogP contribution < -0.4 is 0 Å². The summed E-state index contributed by atoms with van der Waals surface area (Å²) < 4.78 is 28.6. The van der Waals surface area contributed by atoms with Crippen LogP contribution in [0.4, 0.5) is 0 Å². The summed E-state index contributed by atoms with van der Waals surface area (Å²) in [5.74, 6) is 0.119. The number of aliphatic hydroxyl groups is 1. The molecule has 7 nitrogen and oxygen atoms in total. The molecule has 5 aliphatic rings. The Kier molecular flexibility index (Phi) is 6.88. The van der Waals surface area contributed by atoms with Crippen LogP contribution in [0.5, 0.6) is 0 Å². The molecule has 35 heavy (non-hydrogen) atoms. The summed E-state index contributed by atoms with van der Waals surface area (Å²) in [6, 6.07) is 0. The largest absolute Gasteiger partial charge is 0.433 e. The number of carbonyl (C=O) groups excluding carboxylic acids is 1. The van der Waals surface area contributed by atoms with Crippen LogP contribution in [0.15, 0.2) is 12.2 Å². The van der Waals surface area contributed by atoms with Crippen LogP contribution in [0, 0.1) is 46.3 Å². The van der Waals surface area contributed by atoms with E-state index in [2.05, 4.69) is 32.9 Å². The first-order chi connectivity index (χ1) is 16.6. The average molecular weight is 493 g/mol. The lowest BCUT2D eigenvalue weighted by Gasteiger charge is -2.63. The zero-order valence-corrected chi connectivity index (χ0v) is 22.0. The Morgan fingerprint density at radius 1 is 1.14 bits per heavy atom. The third-order valence-corrected chi connectivity index (χ3v) is 10.8. The number of hydrogen-bond acceptors (Lipinski definition) is 7. The lowest BCUT2D eigenvalue weighted by Crippen LogP contribution is -2.65. The summed E-state index contributed by atoms with van der Waals surface area (Å²) in [7, 11) is 1.59. The lowest BCUT2D eigenvalue weighted by atomic mass is 9.44.